The summed E-state index contributed by atoms with van der Waals surface area (Å²) >= 11 is 0. The third kappa shape index (κ3) is 3.84. The Balaban J connectivity index is 1.62. The lowest BCUT2D eigenvalue weighted by atomic mass is 10.0. The second-order valence-electron chi connectivity index (χ2n) is 6.10. The SMILES string of the molecule is COc1ccc(CCC(=O)N2CCc3cc(=O)[nH]cc3C2)cc1OC. The first kappa shape index (κ1) is 17.1. The van der Waals surface area contributed by atoms with Crippen LogP contribution in [0.25, 0.3) is 0 Å². The van der Waals surface area contributed by atoms with E-state index in [1.807, 2.05) is 23.1 Å². The minimum Gasteiger partial charge on any atom is -0.493 e. The number of methoxy groups -OCH3 is 2. The molecule has 0 radical (unpaired) electrons. The lowest BCUT2D eigenvalue weighted by molar-refractivity contribution is -0.132. The van der Waals surface area contributed by atoms with Gasteiger partial charge in [0.2, 0.25) is 11.5 Å². The van der Waals surface area contributed by atoms with Crippen molar-refractivity contribution >= 4 is 5.91 Å². The molecule has 6 heteroatoms. The van der Waals surface area contributed by atoms with Gasteiger partial charge in [0.05, 0.1) is 14.2 Å². The molecule has 2 aromatic rings. The van der Waals surface area contributed by atoms with Gasteiger partial charge in [0.1, 0.15) is 0 Å². The van der Waals surface area contributed by atoms with Crippen LogP contribution >= 0.6 is 0 Å². The Labute approximate surface area is 146 Å². The Morgan fingerprint density at radius 1 is 1.16 bits per heavy atom. The van der Waals surface area contributed by atoms with Crippen LogP contribution in [0.3, 0.4) is 0 Å². The van der Waals surface area contributed by atoms with Gasteiger partial charge in [-0.15, -0.1) is 0 Å². The van der Waals surface area contributed by atoms with Crippen molar-refractivity contribution in [1.29, 1.82) is 0 Å². The van der Waals surface area contributed by atoms with Crippen molar-refractivity contribution < 1.29 is 14.3 Å². The van der Waals surface area contributed by atoms with E-state index in [-0.39, 0.29) is 11.5 Å². The zero-order valence-electron chi connectivity index (χ0n) is 14.5. The van der Waals surface area contributed by atoms with Gasteiger partial charge in [-0.2, -0.15) is 0 Å². The molecule has 132 valence electrons. The summed E-state index contributed by atoms with van der Waals surface area (Å²) in [6, 6.07) is 7.33. The highest BCUT2D eigenvalue weighted by molar-refractivity contribution is 5.76. The van der Waals surface area contributed by atoms with Crippen molar-refractivity contribution in [1.82, 2.24) is 9.88 Å². The van der Waals surface area contributed by atoms with Crippen LogP contribution in [-0.2, 0) is 24.2 Å². The molecule has 0 bridgehead atoms. The third-order valence-electron chi connectivity index (χ3n) is 4.55. The lowest BCUT2D eigenvalue weighted by Gasteiger charge is -2.28. The first-order valence-electron chi connectivity index (χ1n) is 8.30. The van der Waals surface area contributed by atoms with Crippen LogP contribution in [-0.4, -0.2) is 36.6 Å². The molecule has 0 saturated carbocycles. The molecule has 1 aliphatic rings. The predicted octanol–water partition coefficient (Wildman–Crippen LogP) is 1.91. The third-order valence-corrected chi connectivity index (χ3v) is 4.55. The van der Waals surface area contributed by atoms with Crippen LogP contribution in [0.2, 0.25) is 0 Å². The molecule has 0 fully saturated rings. The largest absolute Gasteiger partial charge is 0.493 e. The number of aromatic amines is 1. The number of hydrogen-bond donors (Lipinski definition) is 1. The molecule has 0 unspecified atom stereocenters. The highest BCUT2D eigenvalue weighted by atomic mass is 16.5. The molecule has 1 amide bonds. The summed E-state index contributed by atoms with van der Waals surface area (Å²) in [4.78, 5) is 28.4. The number of hydrogen-bond acceptors (Lipinski definition) is 4. The number of amides is 1. The van der Waals surface area contributed by atoms with Gasteiger partial charge in [0.15, 0.2) is 11.5 Å². The van der Waals surface area contributed by atoms with E-state index in [1.54, 1.807) is 26.5 Å². The molecule has 3 rings (SSSR count). The van der Waals surface area contributed by atoms with Gasteiger partial charge in [-0.05, 0) is 41.7 Å². The normalized spacial score (nSPS) is 13.3. The van der Waals surface area contributed by atoms with Gasteiger partial charge in [-0.3, -0.25) is 9.59 Å². The molecule has 1 aromatic carbocycles. The number of nitrogens with zero attached hydrogens (tertiary/aromatic N) is 1. The lowest BCUT2D eigenvalue weighted by Crippen LogP contribution is -2.36. The topological polar surface area (TPSA) is 71.6 Å². The van der Waals surface area contributed by atoms with Crippen molar-refractivity contribution in [2.24, 2.45) is 0 Å². The number of carbonyl (C=O) groups excluding carboxylic acids is 1. The van der Waals surface area contributed by atoms with Crippen LogP contribution in [0, 0.1) is 0 Å². The molecule has 2 heterocycles. The Morgan fingerprint density at radius 2 is 1.96 bits per heavy atom. The fourth-order valence-electron chi connectivity index (χ4n) is 3.12. The van der Waals surface area contributed by atoms with Gasteiger partial charge >= 0.3 is 0 Å². The maximum Gasteiger partial charge on any atom is 0.248 e. The number of fused-ring (bicyclic) bond motifs is 1. The smallest absolute Gasteiger partial charge is 0.248 e. The molecule has 6 nitrogen and oxygen atoms in total. The van der Waals surface area contributed by atoms with Gasteiger partial charge in [-0.1, -0.05) is 6.07 Å². The molecular formula is C19H22N2O4. The maximum atomic E-state index is 12.5. The van der Waals surface area contributed by atoms with Crippen LogP contribution in [0.4, 0.5) is 0 Å². The first-order valence-corrected chi connectivity index (χ1v) is 8.30. The molecule has 0 aliphatic carbocycles. The van der Waals surface area contributed by atoms with E-state index in [0.717, 1.165) is 23.1 Å². The van der Waals surface area contributed by atoms with E-state index in [2.05, 4.69) is 4.98 Å². The molecule has 1 aliphatic heterocycles. The number of pyridine rings is 1. The van der Waals surface area contributed by atoms with Crippen molar-refractivity contribution in [3.05, 3.63) is 57.5 Å². The van der Waals surface area contributed by atoms with E-state index >= 15 is 0 Å². The van der Waals surface area contributed by atoms with Crippen LogP contribution in [0.5, 0.6) is 11.5 Å². The van der Waals surface area contributed by atoms with Gasteiger partial charge in [-0.25, -0.2) is 0 Å². The average molecular weight is 342 g/mol. The monoisotopic (exact) mass is 342 g/mol. The number of aryl methyl sites for hydroxylation is 1. The summed E-state index contributed by atoms with van der Waals surface area (Å²) < 4.78 is 10.5. The number of nitrogens with one attached hydrogen (secondary N) is 1. The van der Waals surface area contributed by atoms with Crippen molar-refractivity contribution in [3.63, 3.8) is 0 Å². The average Bonchev–Trinajstić information content (AvgIpc) is 2.65. The van der Waals surface area contributed by atoms with Crippen molar-refractivity contribution in [3.8, 4) is 11.5 Å². The highest BCUT2D eigenvalue weighted by Crippen LogP contribution is 2.28. The summed E-state index contributed by atoms with van der Waals surface area (Å²) in [6.07, 6.45) is 3.52. The van der Waals surface area contributed by atoms with E-state index < -0.39 is 0 Å². The second kappa shape index (κ2) is 7.42. The summed E-state index contributed by atoms with van der Waals surface area (Å²) in [7, 11) is 3.20. The molecule has 1 aromatic heterocycles. The first-order chi connectivity index (χ1) is 12.1. The number of carbonyl (C=O) groups is 1. The second-order valence-corrected chi connectivity index (χ2v) is 6.10. The number of ether oxygens (including phenoxy) is 2. The fourth-order valence-corrected chi connectivity index (χ4v) is 3.12. The summed E-state index contributed by atoms with van der Waals surface area (Å²) in [5.74, 6) is 1.47. The summed E-state index contributed by atoms with van der Waals surface area (Å²) in [5.41, 5.74) is 3.00. The van der Waals surface area contributed by atoms with Gasteiger partial charge in [0.25, 0.3) is 0 Å². The fraction of sp³-hybridized carbons (Fsp3) is 0.368. The minimum atomic E-state index is -0.0908. The Morgan fingerprint density at radius 3 is 2.72 bits per heavy atom. The minimum absolute atomic E-state index is 0.0908. The zero-order valence-corrected chi connectivity index (χ0v) is 14.5. The number of rotatable bonds is 5. The van der Waals surface area contributed by atoms with Crippen LogP contribution in [0.1, 0.15) is 23.1 Å². The van der Waals surface area contributed by atoms with E-state index in [9.17, 15) is 9.59 Å². The van der Waals surface area contributed by atoms with Crippen LogP contribution < -0.4 is 15.0 Å². The molecular weight excluding hydrogens is 320 g/mol. The molecule has 0 saturated heterocycles. The van der Waals surface area contributed by atoms with Crippen molar-refractivity contribution in [2.75, 3.05) is 20.8 Å². The van der Waals surface area contributed by atoms with Crippen LogP contribution in [0.15, 0.2) is 35.3 Å². The number of benzene rings is 1. The molecule has 1 N–H and O–H groups in total. The molecule has 0 spiro atoms. The van der Waals surface area contributed by atoms with E-state index in [1.165, 1.54) is 0 Å². The van der Waals surface area contributed by atoms with Gasteiger partial charge in [0, 0.05) is 31.8 Å². The predicted molar refractivity (Wildman–Crippen MR) is 94.1 cm³/mol. The number of H-pyrrole nitrogens is 1. The standard InChI is InChI=1S/C19H22N2O4/c1-24-16-5-3-13(9-17(16)25-2)4-6-19(23)21-8-7-14-10-18(22)20-11-15(14)12-21/h3,5,9-11H,4,6-8,12H2,1-2H3,(H,20,22). The summed E-state index contributed by atoms with van der Waals surface area (Å²) in [6.45, 7) is 1.21. The zero-order chi connectivity index (χ0) is 17.8. The Kier molecular flexibility index (Phi) is 5.07. The number of aromatic nitrogens is 1. The maximum absolute atomic E-state index is 12.5. The quantitative estimate of drug-likeness (QED) is 0.901. The Hall–Kier alpha value is -2.76. The van der Waals surface area contributed by atoms with Crippen molar-refractivity contribution in [2.45, 2.75) is 25.8 Å². The van der Waals surface area contributed by atoms with E-state index in [4.69, 9.17) is 9.47 Å². The molecule has 25 heavy (non-hydrogen) atoms. The Bertz CT molecular complexity index is 828. The van der Waals surface area contributed by atoms with Gasteiger partial charge < -0.3 is 19.4 Å². The summed E-state index contributed by atoms with van der Waals surface area (Å²) in [5, 5.41) is 0. The van der Waals surface area contributed by atoms with E-state index in [0.29, 0.717) is 37.4 Å². The highest BCUT2D eigenvalue weighted by Gasteiger charge is 2.20. The molecule has 0 atom stereocenters.